The lowest BCUT2D eigenvalue weighted by atomic mass is 10.6. The van der Waals surface area contributed by atoms with Gasteiger partial charge in [-0.25, -0.2) is 0 Å². The van der Waals surface area contributed by atoms with Crippen molar-refractivity contribution in [1.29, 1.82) is 0 Å². The van der Waals surface area contributed by atoms with Gasteiger partial charge in [0.2, 0.25) is 5.91 Å². The topological polar surface area (TPSA) is 90.7 Å². The van der Waals surface area contributed by atoms with Gasteiger partial charge in [0, 0.05) is 6.54 Å². The van der Waals surface area contributed by atoms with Crippen molar-refractivity contribution in [2.24, 2.45) is 5.73 Å². The second kappa shape index (κ2) is 6.95. The summed E-state index contributed by atoms with van der Waals surface area (Å²) in [6.45, 7) is 5.86. The molecule has 0 saturated carbocycles. The number of rotatable bonds is 7. The third-order valence-corrected chi connectivity index (χ3v) is 3.73. The molecule has 0 spiro atoms. The Labute approximate surface area is 90.0 Å². The van der Waals surface area contributed by atoms with Crippen molar-refractivity contribution in [3.8, 4) is 0 Å². The quantitative estimate of drug-likeness (QED) is 0.636. The molecular formula is C8H19N2O4P. The van der Waals surface area contributed by atoms with Gasteiger partial charge < -0.3 is 20.1 Å². The predicted molar refractivity (Wildman–Crippen MR) is 57.5 cm³/mol. The van der Waals surface area contributed by atoms with Gasteiger partial charge in [-0.05, 0) is 20.8 Å². The lowest BCUT2D eigenvalue weighted by Gasteiger charge is -2.22. The highest BCUT2D eigenvalue weighted by molar-refractivity contribution is 7.55. The highest BCUT2D eigenvalue weighted by Gasteiger charge is 2.37. The van der Waals surface area contributed by atoms with E-state index >= 15 is 0 Å². The van der Waals surface area contributed by atoms with Crippen LogP contribution >= 0.6 is 7.60 Å². The van der Waals surface area contributed by atoms with Crippen LogP contribution in [-0.2, 0) is 18.4 Å². The fourth-order valence-electron chi connectivity index (χ4n) is 0.980. The normalized spacial score (nSPS) is 13.6. The molecule has 0 rings (SSSR count). The van der Waals surface area contributed by atoms with Crippen molar-refractivity contribution >= 4 is 13.5 Å². The number of carbonyl (C=O) groups excluding carboxylic acids is 1. The zero-order valence-electron chi connectivity index (χ0n) is 9.36. The lowest BCUT2D eigenvalue weighted by molar-refractivity contribution is -0.120. The summed E-state index contributed by atoms with van der Waals surface area (Å²) in [7, 11) is -3.53. The van der Waals surface area contributed by atoms with E-state index in [1.807, 2.05) is 0 Å². The Bertz CT molecular complexity index is 237. The minimum atomic E-state index is -3.53. The Morgan fingerprint density at radius 2 is 1.80 bits per heavy atom. The van der Waals surface area contributed by atoms with Crippen LogP contribution in [-0.4, -0.2) is 31.4 Å². The largest absolute Gasteiger partial charge is 0.356 e. The third kappa shape index (κ3) is 4.30. The van der Waals surface area contributed by atoms with E-state index in [2.05, 4.69) is 5.32 Å². The van der Waals surface area contributed by atoms with E-state index in [4.69, 9.17) is 14.8 Å². The molecule has 15 heavy (non-hydrogen) atoms. The van der Waals surface area contributed by atoms with Gasteiger partial charge in [0.1, 0.15) is 0 Å². The molecule has 0 aliphatic heterocycles. The van der Waals surface area contributed by atoms with E-state index in [-0.39, 0.29) is 13.2 Å². The first kappa shape index (κ1) is 14.6. The monoisotopic (exact) mass is 238 g/mol. The van der Waals surface area contributed by atoms with Gasteiger partial charge in [-0.2, -0.15) is 0 Å². The first-order chi connectivity index (χ1) is 7.01. The Hall–Kier alpha value is -0.420. The molecule has 0 saturated heterocycles. The van der Waals surface area contributed by atoms with Crippen LogP contribution in [0, 0.1) is 0 Å². The smallest absolute Gasteiger partial charge is 0.354 e. The Kier molecular flexibility index (Phi) is 6.76. The van der Waals surface area contributed by atoms with Crippen LogP contribution in [0.4, 0.5) is 0 Å². The SMILES string of the molecule is CCNC(=O)C(N)P(=O)(OCC)OCC. The van der Waals surface area contributed by atoms with E-state index in [0.717, 1.165) is 0 Å². The van der Waals surface area contributed by atoms with E-state index in [0.29, 0.717) is 6.54 Å². The molecule has 6 nitrogen and oxygen atoms in total. The van der Waals surface area contributed by atoms with E-state index in [9.17, 15) is 9.36 Å². The van der Waals surface area contributed by atoms with E-state index < -0.39 is 19.3 Å². The average Bonchev–Trinajstić information content (AvgIpc) is 2.17. The molecule has 0 heterocycles. The molecular weight excluding hydrogens is 219 g/mol. The summed E-state index contributed by atoms with van der Waals surface area (Å²) >= 11 is 0. The molecule has 1 unspecified atom stereocenters. The number of amides is 1. The minimum Gasteiger partial charge on any atom is -0.354 e. The fourth-order valence-corrected chi connectivity index (χ4v) is 2.47. The predicted octanol–water partition coefficient (Wildman–Crippen LogP) is 0.673. The summed E-state index contributed by atoms with van der Waals surface area (Å²) in [6.07, 6.45) is 0. The molecule has 0 aliphatic carbocycles. The Morgan fingerprint density at radius 3 is 2.13 bits per heavy atom. The molecule has 0 fully saturated rings. The first-order valence-electron chi connectivity index (χ1n) is 4.93. The van der Waals surface area contributed by atoms with Crippen molar-refractivity contribution in [2.75, 3.05) is 19.8 Å². The van der Waals surface area contributed by atoms with E-state index in [1.165, 1.54) is 0 Å². The average molecular weight is 238 g/mol. The maximum Gasteiger partial charge on any atom is 0.356 e. The second-order valence-corrected chi connectivity index (χ2v) is 4.87. The Balaban J connectivity index is 4.60. The molecule has 3 N–H and O–H groups in total. The number of likely N-dealkylation sites (N-methyl/N-ethyl adjacent to an activating group) is 1. The van der Waals surface area contributed by atoms with Gasteiger partial charge in [0.15, 0.2) is 5.78 Å². The summed E-state index contributed by atoms with van der Waals surface area (Å²) in [5.74, 6) is -1.79. The van der Waals surface area contributed by atoms with Crippen LogP contribution in [0.15, 0.2) is 0 Å². The standard InChI is InChI=1S/C8H19N2O4P/c1-4-10-8(11)7(9)15(12,13-5-2)14-6-3/h7H,4-6,9H2,1-3H3,(H,10,11). The summed E-state index contributed by atoms with van der Waals surface area (Å²) in [5.41, 5.74) is 5.53. The first-order valence-corrected chi connectivity index (χ1v) is 6.55. The van der Waals surface area contributed by atoms with Gasteiger partial charge >= 0.3 is 7.60 Å². The molecule has 0 aromatic carbocycles. The summed E-state index contributed by atoms with van der Waals surface area (Å²) in [5, 5.41) is 2.47. The van der Waals surface area contributed by atoms with Crippen LogP contribution in [0.1, 0.15) is 20.8 Å². The van der Waals surface area contributed by atoms with Crippen molar-refractivity contribution in [3.63, 3.8) is 0 Å². The van der Waals surface area contributed by atoms with E-state index in [1.54, 1.807) is 20.8 Å². The number of carbonyl (C=O) groups is 1. The second-order valence-electron chi connectivity index (χ2n) is 2.71. The molecule has 7 heteroatoms. The van der Waals surface area contributed by atoms with Crippen LogP contribution < -0.4 is 11.1 Å². The van der Waals surface area contributed by atoms with Crippen LogP contribution in [0.25, 0.3) is 0 Å². The molecule has 0 radical (unpaired) electrons. The number of hydrogen-bond donors (Lipinski definition) is 2. The summed E-state index contributed by atoms with van der Waals surface area (Å²) < 4.78 is 21.9. The zero-order valence-corrected chi connectivity index (χ0v) is 10.3. The number of nitrogens with two attached hydrogens (primary N) is 1. The summed E-state index contributed by atoms with van der Waals surface area (Å²) in [4.78, 5) is 11.4. The maximum atomic E-state index is 12.0. The molecule has 0 aromatic rings. The van der Waals surface area contributed by atoms with Crippen LogP contribution in [0.2, 0.25) is 0 Å². The molecule has 90 valence electrons. The number of hydrogen-bond acceptors (Lipinski definition) is 5. The highest BCUT2D eigenvalue weighted by atomic mass is 31.2. The van der Waals surface area contributed by atoms with Gasteiger partial charge in [0.05, 0.1) is 13.2 Å². The molecule has 1 atom stereocenters. The molecule has 0 bridgehead atoms. The fraction of sp³-hybridized carbons (Fsp3) is 0.875. The van der Waals surface area contributed by atoms with Gasteiger partial charge in [-0.15, -0.1) is 0 Å². The molecule has 0 aliphatic rings. The third-order valence-electron chi connectivity index (χ3n) is 1.58. The summed E-state index contributed by atoms with van der Waals surface area (Å²) in [6, 6.07) is 0. The minimum absolute atomic E-state index is 0.185. The van der Waals surface area contributed by atoms with Crippen molar-refractivity contribution in [1.82, 2.24) is 5.32 Å². The highest BCUT2D eigenvalue weighted by Crippen LogP contribution is 2.50. The Morgan fingerprint density at radius 1 is 1.33 bits per heavy atom. The zero-order chi connectivity index (χ0) is 11.9. The molecule has 0 aromatic heterocycles. The number of nitrogens with one attached hydrogen (secondary N) is 1. The van der Waals surface area contributed by atoms with Crippen molar-refractivity contribution in [2.45, 2.75) is 26.6 Å². The lowest BCUT2D eigenvalue weighted by Crippen LogP contribution is -2.41. The van der Waals surface area contributed by atoms with Gasteiger partial charge in [0.25, 0.3) is 0 Å². The maximum absolute atomic E-state index is 12.0. The van der Waals surface area contributed by atoms with Crippen LogP contribution in [0.3, 0.4) is 0 Å². The van der Waals surface area contributed by atoms with Crippen molar-refractivity contribution in [3.05, 3.63) is 0 Å². The van der Waals surface area contributed by atoms with Gasteiger partial charge in [-0.1, -0.05) is 0 Å². The van der Waals surface area contributed by atoms with Gasteiger partial charge in [-0.3, -0.25) is 9.36 Å². The van der Waals surface area contributed by atoms with Crippen molar-refractivity contribution < 1.29 is 18.4 Å². The molecule has 1 amide bonds. The van der Waals surface area contributed by atoms with Crippen LogP contribution in [0.5, 0.6) is 0 Å².